The predicted octanol–water partition coefficient (Wildman–Crippen LogP) is 7.65. The number of aliphatic hydroxyl groups is 1. The lowest BCUT2D eigenvalue weighted by atomic mass is 9.82. The first kappa shape index (κ1) is 24.9. The molecule has 7 heteroatoms. The van der Waals surface area contributed by atoms with Gasteiger partial charge in [0.1, 0.15) is 5.82 Å². The molecule has 0 aliphatic heterocycles. The number of aryl methyl sites for hydroxylation is 1. The van der Waals surface area contributed by atoms with Crippen molar-refractivity contribution in [2.24, 2.45) is 0 Å². The number of alkyl halides is 3. The molecule has 1 unspecified atom stereocenters. The lowest BCUT2D eigenvalue weighted by Gasteiger charge is -2.29. The number of halogens is 4. The molecule has 3 nitrogen and oxygen atoms in total. The van der Waals surface area contributed by atoms with E-state index in [1.54, 1.807) is 18.2 Å². The summed E-state index contributed by atoms with van der Waals surface area (Å²) in [4.78, 5) is 5.06. The van der Waals surface area contributed by atoms with Gasteiger partial charge in [-0.05, 0) is 73.1 Å². The van der Waals surface area contributed by atoms with Gasteiger partial charge < -0.3 is 9.84 Å². The molecule has 0 amide bonds. The van der Waals surface area contributed by atoms with Gasteiger partial charge in [-0.25, -0.2) is 4.39 Å². The van der Waals surface area contributed by atoms with Gasteiger partial charge in [0.15, 0.2) is 0 Å². The van der Waals surface area contributed by atoms with E-state index in [9.17, 15) is 22.7 Å². The highest BCUT2D eigenvalue weighted by molar-refractivity contribution is 5.74. The molecule has 1 atom stereocenters. The minimum absolute atomic E-state index is 0.0104. The first-order chi connectivity index (χ1) is 17.3. The van der Waals surface area contributed by atoms with Crippen LogP contribution in [0, 0.1) is 5.82 Å². The molecule has 1 fully saturated rings. The number of ether oxygens (including phenoxy) is 1. The van der Waals surface area contributed by atoms with Crippen LogP contribution in [0.1, 0.15) is 84.2 Å². The number of hydrogen-bond acceptors (Lipinski definition) is 3. The van der Waals surface area contributed by atoms with E-state index in [-0.39, 0.29) is 24.9 Å². The number of rotatable bonds is 6. The quantitative estimate of drug-likeness (QED) is 0.354. The standard InChI is InChI=1S/C29H29F4NO2/c30-22-13-11-19(12-14-22)26-23(17-36-16-18-5-3-8-21(15-18)29(31,32)33)28(20-6-1-2-7-20)34-24-9-4-10-25(35)27(24)26/h3,5,8,11-15,20,25,35H,1-2,4,6-7,9-10,16-17H2. The van der Waals surface area contributed by atoms with Crippen molar-refractivity contribution in [3.05, 3.63) is 88.0 Å². The number of fused-ring (bicyclic) bond motifs is 1. The normalized spacial score (nSPS) is 18.4. The maximum atomic E-state index is 13.8. The summed E-state index contributed by atoms with van der Waals surface area (Å²) >= 11 is 0. The Morgan fingerprint density at radius 1 is 0.944 bits per heavy atom. The van der Waals surface area contributed by atoms with E-state index >= 15 is 0 Å². The smallest absolute Gasteiger partial charge is 0.388 e. The summed E-state index contributed by atoms with van der Waals surface area (Å²) in [5.41, 5.74) is 4.79. The first-order valence-electron chi connectivity index (χ1n) is 12.5. The van der Waals surface area contributed by atoms with Crippen molar-refractivity contribution < 1.29 is 27.4 Å². The summed E-state index contributed by atoms with van der Waals surface area (Å²) in [6, 6.07) is 11.4. The molecule has 3 aromatic rings. The van der Waals surface area contributed by atoms with Crippen LogP contribution in [0.5, 0.6) is 0 Å². The van der Waals surface area contributed by atoms with Gasteiger partial charge in [0.05, 0.1) is 24.9 Å². The molecule has 2 aromatic carbocycles. The molecular weight excluding hydrogens is 470 g/mol. The highest BCUT2D eigenvalue weighted by Gasteiger charge is 2.32. The molecule has 1 aromatic heterocycles. The Morgan fingerprint density at radius 3 is 2.42 bits per heavy atom. The third kappa shape index (κ3) is 5.18. The Bertz CT molecular complexity index is 1220. The van der Waals surface area contributed by atoms with Crippen LogP contribution in [0.15, 0.2) is 48.5 Å². The maximum absolute atomic E-state index is 13.8. The van der Waals surface area contributed by atoms with Crippen LogP contribution in [-0.2, 0) is 30.5 Å². The number of benzene rings is 2. The fraction of sp³-hybridized carbons (Fsp3) is 0.414. The van der Waals surface area contributed by atoms with Crippen molar-refractivity contribution in [3.63, 3.8) is 0 Å². The molecule has 0 saturated heterocycles. The molecular formula is C29H29F4NO2. The fourth-order valence-corrected chi connectivity index (χ4v) is 5.60. The third-order valence-electron chi connectivity index (χ3n) is 7.32. The molecule has 1 heterocycles. The Balaban J connectivity index is 1.55. The average Bonchev–Trinajstić information content (AvgIpc) is 3.39. The SMILES string of the molecule is OC1CCCc2nc(C3CCCC3)c(COCc3cccc(C(F)(F)F)c3)c(-c3ccc(F)cc3)c21. The largest absolute Gasteiger partial charge is 0.416 e. The molecule has 0 radical (unpaired) electrons. The van der Waals surface area contributed by atoms with E-state index in [0.717, 1.165) is 84.3 Å². The molecule has 2 aliphatic rings. The van der Waals surface area contributed by atoms with Gasteiger partial charge in [-0.2, -0.15) is 13.2 Å². The van der Waals surface area contributed by atoms with Gasteiger partial charge in [-0.1, -0.05) is 37.1 Å². The van der Waals surface area contributed by atoms with E-state index < -0.39 is 17.8 Å². The van der Waals surface area contributed by atoms with Crippen molar-refractivity contribution in [2.45, 2.75) is 76.4 Å². The molecule has 2 aliphatic carbocycles. The number of pyridine rings is 1. The minimum Gasteiger partial charge on any atom is -0.388 e. The Hall–Kier alpha value is -2.77. The van der Waals surface area contributed by atoms with Gasteiger partial charge in [-0.15, -0.1) is 0 Å². The topological polar surface area (TPSA) is 42.4 Å². The van der Waals surface area contributed by atoms with Crippen molar-refractivity contribution in [1.29, 1.82) is 0 Å². The van der Waals surface area contributed by atoms with E-state index in [0.29, 0.717) is 12.0 Å². The summed E-state index contributed by atoms with van der Waals surface area (Å²) in [6.45, 7) is 0.151. The molecule has 190 valence electrons. The maximum Gasteiger partial charge on any atom is 0.416 e. The monoisotopic (exact) mass is 499 g/mol. The van der Waals surface area contributed by atoms with Gasteiger partial charge in [0.25, 0.3) is 0 Å². The van der Waals surface area contributed by atoms with Gasteiger partial charge >= 0.3 is 6.18 Å². The zero-order chi connectivity index (χ0) is 25.3. The number of aliphatic hydroxyl groups excluding tert-OH is 1. The van der Waals surface area contributed by atoms with Crippen LogP contribution >= 0.6 is 0 Å². The lowest BCUT2D eigenvalue weighted by molar-refractivity contribution is -0.137. The fourth-order valence-electron chi connectivity index (χ4n) is 5.60. The summed E-state index contributed by atoms with van der Waals surface area (Å²) < 4.78 is 59.2. The Labute approximate surface area is 208 Å². The highest BCUT2D eigenvalue weighted by Crippen LogP contribution is 2.44. The van der Waals surface area contributed by atoms with Gasteiger partial charge in [0.2, 0.25) is 0 Å². The minimum atomic E-state index is -4.42. The Kier molecular flexibility index (Phi) is 7.13. The zero-order valence-electron chi connectivity index (χ0n) is 20.0. The van der Waals surface area contributed by atoms with Gasteiger partial charge in [-0.3, -0.25) is 4.98 Å². The second kappa shape index (κ2) is 10.3. The molecule has 5 rings (SSSR count). The second-order valence-corrected chi connectivity index (χ2v) is 9.80. The van der Waals surface area contributed by atoms with Gasteiger partial charge in [0, 0.05) is 28.4 Å². The van der Waals surface area contributed by atoms with Crippen LogP contribution in [0.25, 0.3) is 11.1 Å². The number of nitrogens with zero attached hydrogens (tertiary/aromatic N) is 1. The van der Waals surface area contributed by atoms with E-state index in [4.69, 9.17) is 9.72 Å². The summed E-state index contributed by atoms with van der Waals surface area (Å²) in [7, 11) is 0. The van der Waals surface area contributed by atoms with E-state index in [1.807, 2.05) is 0 Å². The molecule has 1 N–H and O–H groups in total. The van der Waals surface area contributed by atoms with E-state index in [2.05, 4.69) is 0 Å². The molecule has 1 saturated carbocycles. The van der Waals surface area contributed by atoms with Crippen LogP contribution in [-0.4, -0.2) is 10.1 Å². The summed E-state index contributed by atoms with van der Waals surface area (Å²) in [5.74, 6) is -0.0821. The second-order valence-electron chi connectivity index (χ2n) is 9.80. The van der Waals surface area contributed by atoms with Crippen LogP contribution in [0.2, 0.25) is 0 Å². The van der Waals surface area contributed by atoms with Crippen molar-refractivity contribution in [1.82, 2.24) is 4.98 Å². The number of aromatic nitrogens is 1. The van der Waals surface area contributed by atoms with Crippen molar-refractivity contribution >= 4 is 0 Å². The third-order valence-corrected chi connectivity index (χ3v) is 7.32. The first-order valence-corrected chi connectivity index (χ1v) is 12.5. The van der Waals surface area contributed by atoms with Crippen molar-refractivity contribution in [2.75, 3.05) is 0 Å². The zero-order valence-corrected chi connectivity index (χ0v) is 20.0. The van der Waals surface area contributed by atoms with Crippen LogP contribution in [0.4, 0.5) is 17.6 Å². The van der Waals surface area contributed by atoms with Crippen LogP contribution in [0.3, 0.4) is 0 Å². The Morgan fingerprint density at radius 2 is 1.69 bits per heavy atom. The van der Waals surface area contributed by atoms with E-state index in [1.165, 1.54) is 18.2 Å². The van der Waals surface area contributed by atoms with Crippen molar-refractivity contribution in [3.8, 4) is 11.1 Å². The lowest BCUT2D eigenvalue weighted by Crippen LogP contribution is -2.18. The average molecular weight is 500 g/mol. The molecule has 0 spiro atoms. The predicted molar refractivity (Wildman–Crippen MR) is 129 cm³/mol. The number of hydrogen-bond donors (Lipinski definition) is 1. The molecule has 36 heavy (non-hydrogen) atoms. The highest BCUT2D eigenvalue weighted by atomic mass is 19.4. The summed E-state index contributed by atoms with van der Waals surface area (Å²) in [6.07, 6.45) is 1.39. The van der Waals surface area contributed by atoms with Crippen LogP contribution < -0.4 is 0 Å². The summed E-state index contributed by atoms with van der Waals surface area (Å²) in [5, 5.41) is 11.0. The molecule has 0 bridgehead atoms.